The van der Waals surface area contributed by atoms with Gasteiger partial charge in [-0.2, -0.15) is 4.99 Å². The van der Waals surface area contributed by atoms with Crippen LogP contribution in [-0.2, 0) is 14.6 Å². The summed E-state index contributed by atoms with van der Waals surface area (Å²) in [4.78, 5) is 17.8. The minimum Gasteiger partial charge on any atom is -0.495 e. The number of sulfone groups is 1. The van der Waals surface area contributed by atoms with Crippen molar-refractivity contribution < 1.29 is 17.9 Å². The lowest BCUT2D eigenvalue weighted by Gasteiger charge is -2.26. The number of rotatable bonds is 3. The van der Waals surface area contributed by atoms with E-state index in [1.54, 1.807) is 25.1 Å². The SMILES string of the molecule is CCC(=O)N=C1S[C@@H]2CS(=O)(=O)C[C@H]2N1c1ccc(Cl)cc1OC. The number of ether oxygens (including phenoxy) is 1. The summed E-state index contributed by atoms with van der Waals surface area (Å²) >= 11 is 7.36. The molecule has 6 nitrogen and oxygen atoms in total. The van der Waals surface area contributed by atoms with Crippen LogP contribution in [0.4, 0.5) is 5.69 Å². The molecule has 0 saturated carbocycles. The standard InChI is InChI=1S/C15H17ClN2O4S2/c1-3-14(19)17-15-18(10-5-4-9(16)6-12(10)22-2)11-7-24(20,21)8-13(11)23-15/h4-6,11,13H,3,7-8H2,1-2H3/t11-,13-/m1/s1. The number of thioether (sulfide) groups is 1. The number of anilines is 1. The minimum absolute atomic E-state index is 0.0375. The average molecular weight is 389 g/mol. The molecule has 1 amide bonds. The summed E-state index contributed by atoms with van der Waals surface area (Å²) in [6, 6.07) is 4.87. The van der Waals surface area contributed by atoms with Crippen molar-refractivity contribution >= 4 is 50.0 Å². The van der Waals surface area contributed by atoms with E-state index in [-0.39, 0.29) is 28.7 Å². The van der Waals surface area contributed by atoms with Gasteiger partial charge in [-0.05, 0) is 12.1 Å². The van der Waals surface area contributed by atoms with E-state index >= 15 is 0 Å². The molecular formula is C15H17ClN2O4S2. The molecule has 2 aliphatic heterocycles. The lowest BCUT2D eigenvalue weighted by atomic mass is 10.2. The van der Waals surface area contributed by atoms with Crippen LogP contribution >= 0.6 is 23.4 Å². The predicted octanol–water partition coefficient (Wildman–Crippen LogP) is 2.36. The van der Waals surface area contributed by atoms with Crippen molar-refractivity contribution in [2.75, 3.05) is 23.5 Å². The fraction of sp³-hybridized carbons (Fsp3) is 0.467. The van der Waals surface area contributed by atoms with E-state index in [1.807, 2.05) is 4.90 Å². The lowest BCUT2D eigenvalue weighted by molar-refractivity contribution is -0.117. The Hall–Kier alpha value is -1.25. The zero-order chi connectivity index (χ0) is 17.5. The van der Waals surface area contributed by atoms with Gasteiger partial charge in [0, 0.05) is 22.8 Å². The van der Waals surface area contributed by atoms with Gasteiger partial charge >= 0.3 is 0 Å². The summed E-state index contributed by atoms with van der Waals surface area (Å²) in [7, 11) is -1.58. The van der Waals surface area contributed by atoms with Crippen LogP contribution in [0.2, 0.25) is 5.02 Å². The number of benzene rings is 1. The molecule has 2 fully saturated rings. The van der Waals surface area contributed by atoms with E-state index in [2.05, 4.69) is 4.99 Å². The molecule has 9 heteroatoms. The van der Waals surface area contributed by atoms with Gasteiger partial charge in [0.05, 0.1) is 30.3 Å². The Kier molecular flexibility index (Phi) is 4.81. The maximum Gasteiger partial charge on any atom is 0.247 e. The van der Waals surface area contributed by atoms with Crippen molar-refractivity contribution in [3.8, 4) is 5.75 Å². The zero-order valence-electron chi connectivity index (χ0n) is 13.2. The molecule has 24 heavy (non-hydrogen) atoms. The van der Waals surface area contributed by atoms with Crippen LogP contribution in [0.25, 0.3) is 0 Å². The largest absolute Gasteiger partial charge is 0.495 e. The summed E-state index contributed by atoms with van der Waals surface area (Å²) in [5, 5.41) is 0.896. The molecule has 0 aliphatic carbocycles. The summed E-state index contributed by atoms with van der Waals surface area (Å²) in [5.41, 5.74) is 0.668. The van der Waals surface area contributed by atoms with Gasteiger partial charge in [-0.3, -0.25) is 4.79 Å². The molecule has 0 aromatic heterocycles. The number of aliphatic imine (C=N–C) groups is 1. The number of amides is 1. The molecule has 0 radical (unpaired) electrons. The molecular weight excluding hydrogens is 372 g/mol. The first kappa shape index (κ1) is 17.6. The molecule has 2 heterocycles. The van der Waals surface area contributed by atoms with Gasteiger partial charge in [-0.15, -0.1) is 0 Å². The first-order valence-electron chi connectivity index (χ1n) is 7.46. The first-order valence-corrected chi connectivity index (χ1v) is 10.5. The number of carbonyl (C=O) groups excluding carboxylic acids is 1. The van der Waals surface area contributed by atoms with Crippen molar-refractivity contribution in [1.82, 2.24) is 0 Å². The Bertz CT molecular complexity index is 810. The molecule has 2 atom stereocenters. The van der Waals surface area contributed by atoms with Crippen molar-refractivity contribution in [3.05, 3.63) is 23.2 Å². The second-order valence-corrected chi connectivity index (χ2v) is 9.42. The van der Waals surface area contributed by atoms with Gasteiger partial charge in [0.25, 0.3) is 0 Å². The molecule has 2 saturated heterocycles. The quantitative estimate of drug-likeness (QED) is 0.791. The van der Waals surface area contributed by atoms with Crippen molar-refractivity contribution in [3.63, 3.8) is 0 Å². The molecule has 3 rings (SSSR count). The topological polar surface area (TPSA) is 76.0 Å². The van der Waals surface area contributed by atoms with E-state index in [9.17, 15) is 13.2 Å². The molecule has 1 aromatic carbocycles. The Morgan fingerprint density at radius 2 is 2.21 bits per heavy atom. The summed E-state index contributed by atoms with van der Waals surface area (Å²) in [5.74, 6) is 0.409. The molecule has 1 aromatic rings. The molecule has 0 bridgehead atoms. The van der Waals surface area contributed by atoms with Crippen LogP contribution in [0.1, 0.15) is 13.3 Å². The number of fused-ring (bicyclic) bond motifs is 1. The number of halogens is 1. The lowest BCUT2D eigenvalue weighted by Crippen LogP contribution is -2.38. The number of hydrogen-bond acceptors (Lipinski definition) is 5. The number of methoxy groups -OCH3 is 1. The van der Waals surface area contributed by atoms with Gasteiger partial charge in [0.2, 0.25) is 5.91 Å². The number of amidine groups is 1. The Morgan fingerprint density at radius 1 is 1.46 bits per heavy atom. The second-order valence-electron chi connectivity index (χ2n) is 5.63. The van der Waals surface area contributed by atoms with Gasteiger partial charge in [0.1, 0.15) is 5.75 Å². The number of hydrogen-bond donors (Lipinski definition) is 0. The summed E-state index contributed by atoms with van der Waals surface area (Å²) in [6.07, 6.45) is 0.295. The van der Waals surface area contributed by atoms with Gasteiger partial charge in [0.15, 0.2) is 15.0 Å². The second kappa shape index (κ2) is 6.57. The fourth-order valence-electron chi connectivity index (χ4n) is 2.88. The first-order chi connectivity index (χ1) is 11.3. The van der Waals surface area contributed by atoms with E-state index in [1.165, 1.54) is 18.9 Å². The third kappa shape index (κ3) is 3.27. The van der Waals surface area contributed by atoms with Crippen molar-refractivity contribution in [2.45, 2.75) is 24.6 Å². The highest BCUT2D eigenvalue weighted by atomic mass is 35.5. The average Bonchev–Trinajstić information content (AvgIpc) is 2.98. The van der Waals surface area contributed by atoms with Crippen LogP contribution in [0.15, 0.2) is 23.2 Å². The van der Waals surface area contributed by atoms with E-state index in [0.29, 0.717) is 28.0 Å². The fourth-order valence-corrected chi connectivity index (χ4v) is 6.97. The number of nitrogens with zero attached hydrogens (tertiary/aromatic N) is 2. The van der Waals surface area contributed by atoms with Gasteiger partial charge in [-0.25, -0.2) is 8.42 Å². The van der Waals surface area contributed by atoms with Crippen LogP contribution in [0.5, 0.6) is 5.75 Å². The van der Waals surface area contributed by atoms with E-state index in [0.717, 1.165) is 0 Å². The molecule has 0 spiro atoms. The van der Waals surface area contributed by atoms with Crippen molar-refractivity contribution in [1.29, 1.82) is 0 Å². The zero-order valence-corrected chi connectivity index (χ0v) is 15.6. The highest BCUT2D eigenvalue weighted by molar-refractivity contribution is 8.16. The van der Waals surface area contributed by atoms with Crippen LogP contribution < -0.4 is 9.64 Å². The Balaban J connectivity index is 2.08. The molecule has 0 unspecified atom stereocenters. The maximum absolute atomic E-state index is 12.0. The number of carbonyl (C=O) groups is 1. The predicted molar refractivity (Wildman–Crippen MR) is 97.0 cm³/mol. The van der Waals surface area contributed by atoms with Crippen LogP contribution in [0, 0.1) is 0 Å². The maximum atomic E-state index is 12.0. The van der Waals surface area contributed by atoms with Crippen molar-refractivity contribution in [2.24, 2.45) is 4.99 Å². The van der Waals surface area contributed by atoms with E-state index < -0.39 is 9.84 Å². The summed E-state index contributed by atoms with van der Waals surface area (Å²) in [6.45, 7) is 1.74. The summed E-state index contributed by atoms with van der Waals surface area (Å²) < 4.78 is 29.4. The molecule has 0 N–H and O–H groups in total. The van der Waals surface area contributed by atoms with E-state index in [4.69, 9.17) is 16.3 Å². The highest BCUT2D eigenvalue weighted by Gasteiger charge is 2.50. The molecule has 130 valence electrons. The monoisotopic (exact) mass is 388 g/mol. The third-order valence-corrected chi connectivity index (χ3v) is 7.44. The van der Waals surface area contributed by atoms with Gasteiger partial charge < -0.3 is 9.64 Å². The molecule has 2 aliphatic rings. The minimum atomic E-state index is -3.10. The highest BCUT2D eigenvalue weighted by Crippen LogP contribution is 2.44. The third-order valence-electron chi connectivity index (χ3n) is 3.99. The Morgan fingerprint density at radius 3 is 2.88 bits per heavy atom. The smallest absolute Gasteiger partial charge is 0.247 e. The Labute approximate surface area is 150 Å². The van der Waals surface area contributed by atoms with Crippen LogP contribution in [0.3, 0.4) is 0 Å². The normalized spacial score (nSPS) is 26.6. The van der Waals surface area contributed by atoms with Gasteiger partial charge in [-0.1, -0.05) is 30.3 Å². The van der Waals surface area contributed by atoms with Crippen LogP contribution in [-0.4, -0.2) is 49.4 Å².